The van der Waals surface area contributed by atoms with Crippen molar-refractivity contribution >= 4 is 41.4 Å². The van der Waals surface area contributed by atoms with Gasteiger partial charge in [-0.1, -0.05) is 80.9 Å². The summed E-state index contributed by atoms with van der Waals surface area (Å²) in [7, 11) is 5.64. The van der Waals surface area contributed by atoms with E-state index in [0.717, 1.165) is 64.5 Å². The molecule has 4 aromatic rings. The third-order valence-electron chi connectivity index (χ3n) is 16.0. The maximum absolute atomic E-state index is 14.8. The number of likely N-dealkylation sites (N-methyl/N-ethyl adjacent to an activating group) is 1. The van der Waals surface area contributed by atoms with E-state index in [1.807, 2.05) is 69.7 Å². The van der Waals surface area contributed by atoms with Gasteiger partial charge in [-0.25, -0.2) is 0 Å². The number of hydrogen-bond donors (Lipinski definition) is 14. The lowest BCUT2D eigenvalue weighted by atomic mass is 9.96. The highest BCUT2D eigenvalue weighted by Gasteiger charge is 2.50. The molecule has 472 valence electrons. The number of ether oxygens (including phenoxy) is 1. The number of quaternary nitrogens is 1. The predicted octanol–water partition coefficient (Wildman–Crippen LogP) is -1.01. The second-order valence-corrected chi connectivity index (χ2v) is 23.9. The summed E-state index contributed by atoms with van der Waals surface area (Å²) in [4.78, 5) is 104. The lowest BCUT2D eigenvalue weighted by molar-refractivity contribution is -0.869. The number of nitrogens with one attached hydrogen (secondary N) is 6. The SMILES string of the molecule is CCCCOc1ccc(-c2ccc(-c3ccc(C(=O)NC4C[C@@H](O)C(NCC[N+](C)(C)C)NC(=O)C5[C@@H](O)[C@@H](C)CN5C(=O)C([C@@H](C)O)NC(=O)C([C@H](O)[C@@H](O)c5ccc(O)cc5)NC(=O)C5C[C@@H](O)CN5C(=O)C([C@@H](C)O)NC4=O)cc3)cc2)cc1. The molecule has 0 bridgehead atoms. The summed E-state index contributed by atoms with van der Waals surface area (Å²) >= 11 is 0. The fraction of sp³-hybridized carbons (Fsp3) is 0.500. The smallest absolute Gasteiger partial charge is 0.251 e. The van der Waals surface area contributed by atoms with Crippen molar-refractivity contribution in [3.63, 3.8) is 0 Å². The summed E-state index contributed by atoms with van der Waals surface area (Å²) in [6.07, 6.45) is -13.3. The van der Waals surface area contributed by atoms with Crippen molar-refractivity contribution in [2.45, 2.75) is 139 Å². The quantitative estimate of drug-likeness (QED) is 0.0445. The van der Waals surface area contributed by atoms with Gasteiger partial charge in [0.2, 0.25) is 35.4 Å². The highest BCUT2D eigenvalue weighted by atomic mass is 16.5. The van der Waals surface area contributed by atoms with E-state index < -0.39 is 152 Å². The van der Waals surface area contributed by atoms with Crippen LogP contribution in [0.2, 0.25) is 0 Å². The summed E-state index contributed by atoms with van der Waals surface area (Å²) < 4.78 is 6.20. The van der Waals surface area contributed by atoms with Gasteiger partial charge >= 0.3 is 0 Å². The monoisotopic (exact) mass is 1210 g/mol. The van der Waals surface area contributed by atoms with Crippen LogP contribution < -0.4 is 36.6 Å². The van der Waals surface area contributed by atoms with E-state index in [-0.39, 0.29) is 30.0 Å². The van der Waals surface area contributed by atoms with E-state index in [2.05, 4.69) is 38.8 Å². The molecule has 0 radical (unpaired) electrons. The van der Waals surface area contributed by atoms with Crippen molar-refractivity contribution in [1.29, 1.82) is 0 Å². The van der Waals surface area contributed by atoms with Crippen LogP contribution in [0, 0.1) is 5.92 Å². The fourth-order valence-corrected chi connectivity index (χ4v) is 10.8. The van der Waals surface area contributed by atoms with Crippen LogP contribution in [0.3, 0.4) is 0 Å². The molecule has 0 saturated carbocycles. The number of phenols is 1. The second-order valence-electron chi connectivity index (χ2n) is 23.9. The van der Waals surface area contributed by atoms with Gasteiger partial charge in [0.1, 0.15) is 66.1 Å². The van der Waals surface area contributed by atoms with Gasteiger partial charge in [0.25, 0.3) is 5.91 Å². The van der Waals surface area contributed by atoms with Crippen LogP contribution in [-0.2, 0) is 28.8 Å². The van der Waals surface area contributed by atoms with Crippen molar-refractivity contribution in [3.8, 4) is 33.8 Å². The molecule has 0 spiro atoms. The molecule has 0 aromatic heterocycles. The number of phenolic OH excluding ortho intramolecular Hbond substituents is 1. The first kappa shape index (κ1) is 66.9. The molecule has 3 fully saturated rings. The number of aromatic hydroxyl groups is 1. The van der Waals surface area contributed by atoms with Crippen molar-refractivity contribution in [1.82, 2.24) is 41.7 Å². The lowest BCUT2D eigenvalue weighted by Crippen LogP contribution is -2.64. The molecule has 3 heterocycles. The van der Waals surface area contributed by atoms with Gasteiger partial charge in [-0.2, -0.15) is 0 Å². The van der Waals surface area contributed by atoms with Crippen LogP contribution >= 0.6 is 0 Å². The molecule has 7 rings (SSSR count). The largest absolute Gasteiger partial charge is 0.508 e. The number of benzene rings is 4. The number of carbonyl (C=O) groups excluding carboxylic acids is 7. The minimum Gasteiger partial charge on any atom is -0.508 e. The third-order valence-corrected chi connectivity index (χ3v) is 16.0. The van der Waals surface area contributed by atoms with Gasteiger partial charge < -0.3 is 86.5 Å². The predicted molar refractivity (Wildman–Crippen MR) is 317 cm³/mol. The normalized spacial score (nSPS) is 26.9. The van der Waals surface area contributed by atoms with Crippen molar-refractivity contribution in [2.24, 2.45) is 5.92 Å². The molecule has 3 aliphatic rings. The topological polar surface area (TPSA) is 369 Å². The summed E-state index contributed by atoms with van der Waals surface area (Å²) in [6, 6.07) is 15.4. The molecule has 25 heteroatoms. The number of fused-ring (bicyclic) bond motifs is 2. The number of unbranched alkanes of at least 4 members (excludes halogenated alkanes) is 1. The number of aliphatic hydroxyl groups excluding tert-OH is 7. The highest BCUT2D eigenvalue weighted by Crippen LogP contribution is 2.30. The molecular formula is C62H84N9O16+. The number of carbonyl (C=O) groups is 7. The van der Waals surface area contributed by atoms with Crippen molar-refractivity contribution in [2.75, 3.05) is 53.9 Å². The molecule has 0 aliphatic carbocycles. The Balaban J connectivity index is 1.24. The Morgan fingerprint density at radius 2 is 1.20 bits per heavy atom. The fourth-order valence-electron chi connectivity index (χ4n) is 10.8. The zero-order valence-electron chi connectivity index (χ0n) is 49.9. The number of amides is 7. The minimum atomic E-state index is -2.28. The number of aliphatic hydroxyl groups is 7. The van der Waals surface area contributed by atoms with E-state index in [9.17, 15) is 74.4 Å². The number of hydrogen-bond acceptors (Lipinski definition) is 17. The number of nitrogens with zero attached hydrogens (tertiary/aromatic N) is 3. The summed E-state index contributed by atoms with van der Waals surface area (Å²) in [5, 5.41) is 106. The van der Waals surface area contributed by atoms with Crippen LogP contribution in [0.15, 0.2) is 97.1 Å². The standard InChI is InChI=1S/C62H83N9O16/c1-8-9-28-87-44-24-20-39(21-25-44)37-12-10-36(11-13-37)38-14-16-41(17-15-38)56(80)64-45-30-47(76)55(63-26-27-71(5,6)7)68-60(84)51-52(77)33(2)31-70(51)62(86)49(35(4)73)66-59(83)50(54(79)53(78)40-18-22-42(74)23-19-40)67-58(82)46-29-43(75)32-69(46)61(85)48(34(3)72)65-57(45)81/h10-25,33-35,43,45-55,63,72-73,75-79H,8-9,26-32H2,1-7H3,(H5-,64,65,66,67,68,74,80,81,82,83,84)/p+1/t33-,34+,35+,43+,45?,46?,47+,48?,49?,50?,51?,52-,53-,54-,55?/m0/s1. The summed E-state index contributed by atoms with van der Waals surface area (Å²) in [6.45, 7) is 6.18. The van der Waals surface area contributed by atoms with Crippen LogP contribution in [-0.4, -0.2) is 229 Å². The van der Waals surface area contributed by atoms with Gasteiger partial charge in [-0.3, -0.25) is 38.9 Å². The maximum Gasteiger partial charge on any atom is 0.251 e. The van der Waals surface area contributed by atoms with E-state index in [4.69, 9.17) is 4.74 Å². The van der Waals surface area contributed by atoms with Crippen LogP contribution in [0.1, 0.15) is 75.4 Å². The maximum atomic E-state index is 14.8. The first-order valence-electron chi connectivity index (χ1n) is 29.3. The van der Waals surface area contributed by atoms with Crippen LogP contribution in [0.5, 0.6) is 11.5 Å². The average Bonchev–Trinajstić information content (AvgIpc) is 1.97. The van der Waals surface area contributed by atoms with E-state index in [0.29, 0.717) is 17.6 Å². The Labute approximate surface area is 505 Å². The van der Waals surface area contributed by atoms with Gasteiger partial charge in [0.05, 0.1) is 64.8 Å². The molecule has 87 heavy (non-hydrogen) atoms. The Bertz CT molecular complexity index is 3020. The Morgan fingerprint density at radius 3 is 1.75 bits per heavy atom. The minimum absolute atomic E-state index is 0.0580. The number of rotatable bonds is 17. The van der Waals surface area contributed by atoms with Gasteiger partial charge in [0.15, 0.2) is 0 Å². The molecule has 25 nitrogen and oxygen atoms in total. The molecule has 3 aliphatic heterocycles. The van der Waals surface area contributed by atoms with E-state index in [1.165, 1.54) is 43.3 Å². The molecule has 7 unspecified atom stereocenters. The first-order valence-corrected chi connectivity index (χ1v) is 29.3. The second kappa shape index (κ2) is 29.4. The zero-order chi connectivity index (χ0) is 63.6. The lowest BCUT2D eigenvalue weighted by Gasteiger charge is -2.34. The summed E-state index contributed by atoms with van der Waals surface area (Å²) in [5.41, 5.74) is 3.51. The van der Waals surface area contributed by atoms with Gasteiger partial charge in [-0.05, 0) is 84.5 Å². The first-order chi connectivity index (χ1) is 41.1. The van der Waals surface area contributed by atoms with Gasteiger partial charge in [-0.15, -0.1) is 0 Å². The molecule has 4 aromatic carbocycles. The Kier molecular flexibility index (Phi) is 22.6. The molecule has 3 saturated heterocycles. The Morgan fingerprint density at radius 1 is 0.667 bits per heavy atom. The highest BCUT2D eigenvalue weighted by molar-refractivity contribution is 6.00. The summed E-state index contributed by atoms with van der Waals surface area (Å²) in [5.74, 6) is -8.06. The molecule has 15 atom stereocenters. The van der Waals surface area contributed by atoms with Crippen molar-refractivity contribution in [3.05, 3.63) is 108 Å². The average molecular weight is 1210 g/mol. The van der Waals surface area contributed by atoms with Gasteiger partial charge in [0, 0.05) is 44.0 Å². The molecule has 7 amide bonds. The zero-order valence-corrected chi connectivity index (χ0v) is 49.9. The van der Waals surface area contributed by atoms with Crippen LogP contribution in [0.25, 0.3) is 22.3 Å². The van der Waals surface area contributed by atoms with Crippen molar-refractivity contribution < 1.29 is 83.6 Å². The molecule has 14 N–H and O–H groups in total. The Hall–Kier alpha value is -7.59. The molecular weight excluding hydrogens is 1130 g/mol. The third kappa shape index (κ3) is 16.9. The van der Waals surface area contributed by atoms with Crippen LogP contribution in [0.4, 0.5) is 0 Å². The van der Waals surface area contributed by atoms with E-state index >= 15 is 0 Å². The van der Waals surface area contributed by atoms with E-state index in [1.54, 1.807) is 12.1 Å².